The van der Waals surface area contributed by atoms with Gasteiger partial charge in [-0.05, 0) is 90.6 Å². The third kappa shape index (κ3) is 4.40. The minimum Gasteiger partial charge on any atom is -0.456 e. The zero-order valence-electron chi connectivity index (χ0n) is 51.1. The van der Waals surface area contributed by atoms with E-state index < -0.39 is 264 Å². The molecule has 46 heavy (non-hydrogen) atoms. The van der Waals surface area contributed by atoms with Gasteiger partial charge in [0.15, 0.2) is 0 Å². The van der Waals surface area contributed by atoms with Crippen LogP contribution in [0.2, 0.25) is 0 Å². The van der Waals surface area contributed by atoms with Gasteiger partial charge in [-0.25, -0.2) is 0 Å². The summed E-state index contributed by atoms with van der Waals surface area (Å²) in [4.78, 5) is 0. The molecule has 0 N–H and O–H groups in total. The Bertz CT molecular complexity index is 4000. The zero-order chi connectivity index (χ0) is 54.8. The summed E-state index contributed by atoms with van der Waals surface area (Å²) in [5.41, 5.74) is -6.46. The van der Waals surface area contributed by atoms with Crippen molar-refractivity contribution in [1.82, 2.24) is 0 Å². The zero-order valence-corrected chi connectivity index (χ0v) is 23.1. The Morgan fingerprint density at radius 2 is 0.978 bits per heavy atom. The van der Waals surface area contributed by atoms with Gasteiger partial charge in [0, 0.05) is 10.8 Å². The van der Waals surface area contributed by atoms with Crippen LogP contribution >= 0.6 is 0 Å². The lowest BCUT2D eigenvalue weighted by atomic mass is 9.85. The van der Waals surface area contributed by atoms with Crippen LogP contribution in [0.1, 0.15) is 49.5 Å². The molecule has 0 aliphatic carbocycles. The molecule has 9 rings (SSSR count). The molecule has 0 atom stereocenters. The second-order valence-corrected chi connectivity index (χ2v) is 9.89. The quantitative estimate of drug-likeness (QED) is 0.176. The van der Waals surface area contributed by atoms with Gasteiger partial charge >= 0.3 is 0 Å². The molecular formula is C45H30O. The van der Waals surface area contributed by atoms with Gasteiger partial charge in [0.25, 0.3) is 0 Å². The lowest BCUT2D eigenvalue weighted by Crippen LogP contribution is -1.96. The maximum atomic E-state index is 9.50. The highest BCUT2D eigenvalue weighted by molar-refractivity contribution is 6.22. The van der Waals surface area contributed by atoms with E-state index in [0.717, 1.165) is 0 Å². The van der Waals surface area contributed by atoms with Crippen molar-refractivity contribution in [1.29, 1.82) is 0 Å². The second-order valence-electron chi connectivity index (χ2n) is 9.89. The fraction of sp³-hybridized carbons (Fsp3) is 0.0222. The van der Waals surface area contributed by atoms with Crippen LogP contribution in [0.15, 0.2) is 174 Å². The van der Waals surface area contributed by atoms with Crippen LogP contribution in [0.5, 0.6) is 0 Å². The van der Waals surface area contributed by atoms with Crippen molar-refractivity contribution < 1.29 is 42.8 Å². The fourth-order valence-electron chi connectivity index (χ4n) is 5.41. The van der Waals surface area contributed by atoms with Gasteiger partial charge in [-0.1, -0.05) is 151 Å². The number of hydrogen-bond donors (Lipinski definition) is 0. The third-order valence-electron chi connectivity index (χ3n) is 7.33. The minimum absolute atomic E-state index is 0.460. The van der Waals surface area contributed by atoms with Gasteiger partial charge in [-0.15, -0.1) is 0 Å². The molecule has 1 aromatic heterocycles. The Hall–Kier alpha value is -5.92. The van der Waals surface area contributed by atoms with E-state index in [4.69, 9.17) is 30.5 Å². The van der Waals surface area contributed by atoms with Crippen LogP contribution in [0.25, 0.3) is 76.9 Å². The highest BCUT2D eigenvalue weighted by Crippen LogP contribution is 2.45. The summed E-state index contributed by atoms with van der Waals surface area (Å²) in [7, 11) is 0. The van der Waals surface area contributed by atoms with E-state index in [2.05, 4.69) is 0 Å². The predicted molar refractivity (Wildman–Crippen MR) is 194 cm³/mol. The number of rotatable bonds is 5. The predicted octanol–water partition coefficient (Wildman–Crippen LogP) is 12.5. The molecule has 216 valence electrons. The van der Waals surface area contributed by atoms with Crippen LogP contribution in [0, 0.1) is 0 Å². The largest absolute Gasteiger partial charge is 0.456 e. The molecule has 0 spiro atoms. The fourth-order valence-corrected chi connectivity index (χ4v) is 5.41. The average molecular weight is 615 g/mol. The second kappa shape index (κ2) is 10.9. The first-order chi connectivity index (χ1) is 34.5. The van der Waals surface area contributed by atoms with Crippen LogP contribution < -0.4 is 0 Å². The summed E-state index contributed by atoms with van der Waals surface area (Å²) in [5, 5.41) is -3.58. The number of furan rings is 1. The van der Waals surface area contributed by atoms with Crippen molar-refractivity contribution >= 4 is 43.5 Å². The van der Waals surface area contributed by atoms with Crippen molar-refractivity contribution in [2.75, 3.05) is 0 Å². The van der Waals surface area contributed by atoms with Crippen molar-refractivity contribution in [2.45, 2.75) is 6.42 Å². The molecule has 0 saturated carbocycles. The molecule has 0 bridgehead atoms. The average Bonchev–Trinajstić information content (AvgIpc) is 3.78. The minimum atomic E-state index is -0.956. The van der Waals surface area contributed by atoms with E-state index in [0.29, 0.717) is 0 Å². The summed E-state index contributed by atoms with van der Waals surface area (Å²) < 4.78 is 254. The summed E-state index contributed by atoms with van der Waals surface area (Å²) in [5.74, 6) is 0. The highest BCUT2D eigenvalue weighted by Gasteiger charge is 2.20. The topological polar surface area (TPSA) is 13.1 Å². The molecule has 1 nitrogen and oxygen atoms in total. The normalized spacial score (nSPS) is 20.1. The van der Waals surface area contributed by atoms with Crippen LogP contribution in [0.3, 0.4) is 0 Å². The highest BCUT2D eigenvalue weighted by atomic mass is 16.3. The van der Waals surface area contributed by atoms with Gasteiger partial charge in [0.05, 0.1) is 38.4 Å². The van der Waals surface area contributed by atoms with Crippen LogP contribution in [-0.2, 0) is 6.42 Å². The standard InChI is InChI=1S/C45H30O/c1-3-14-31(15-4-1)33-18-11-13-30(27-33)28-41-35-19-7-9-21-37(35)44(38-22-10-8-20-36(38)41)40-23-12-24-42-45(40)39-26-25-34(29-43(39)46-42)32-16-5-2-6-17-32/h1-27,29H,28H2/i1D,2D,3D,4D,5D,6D,7D,8D,9D,10D,11D,12D,13D,14D,15D,16D,17D,18D,19D,20D,21D,22D,23D,24D,25D,26D,27D,29D. The van der Waals surface area contributed by atoms with E-state index in [1.54, 1.807) is 0 Å². The smallest absolute Gasteiger partial charge is 0.136 e. The summed E-state index contributed by atoms with van der Waals surface area (Å²) in [6, 6.07) is -25.0. The van der Waals surface area contributed by atoms with Crippen molar-refractivity contribution in [3.8, 4) is 33.4 Å². The Kier molecular flexibility index (Phi) is 2.51. The molecule has 0 unspecified atom stereocenters. The van der Waals surface area contributed by atoms with E-state index in [1.807, 2.05) is 0 Å². The Morgan fingerprint density at radius 1 is 0.413 bits per heavy atom. The first-order valence-electron chi connectivity index (χ1n) is 27.6. The Morgan fingerprint density at radius 3 is 1.65 bits per heavy atom. The first kappa shape index (κ1) is 10.6. The molecule has 8 aromatic carbocycles. The van der Waals surface area contributed by atoms with E-state index in [9.17, 15) is 12.3 Å². The van der Waals surface area contributed by atoms with Crippen molar-refractivity contribution in [3.05, 3.63) is 180 Å². The molecule has 0 aliphatic rings. The summed E-state index contributed by atoms with van der Waals surface area (Å²) >= 11 is 0. The molecule has 0 saturated heterocycles. The van der Waals surface area contributed by atoms with Gasteiger partial charge in [-0.2, -0.15) is 0 Å². The van der Waals surface area contributed by atoms with Crippen molar-refractivity contribution in [2.24, 2.45) is 0 Å². The molecule has 1 heteroatoms. The summed E-state index contributed by atoms with van der Waals surface area (Å²) in [6.07, 6.45) is -0.943. The molecule has 1 heterocycles. The summed E-state index contributed by atoms with van der Waals surface area (Å²) in [6.45, 7) is 0. The lowest BCUT2D eigenvalue weighted by molar-refractivity contribution is 0.669. The van der Waals surface area contributed by atoms with Gasteiger partial charge in [-0.3, -0.25) is 0 Å². The Balaban J connectivity index is 1.52. The number of fused-ring (bicyclic) bond motifs is 5. The first-order valence-corrected chi connectivity index (χ1v) is 13.6. The van der Waals surface area contributed by atoms with Gasteiger partial charge in [0.1, 0.15) is 11.2 Å². The molecule has 0 aliphatic heterocycles. The molecule has 0 fully saturated rings. The molecule has 0 radical (unpaired) electrons. The molecular weight excluding hydrogens is 556 g/mol. The maximum Gasteiger partial charge on any atom is 0.136 e. The van der Waals surface area contributed by atoms with Gasteiger partial charge in [0.2, 0.25) is 0 Å². The lowest BCUT2D eigenvalue weighted by Gasteiger charge is -2.18. The van der Waals surface area contributed by atoms with Crippen molar-refractivity contribution in [3.63, 3.8) is 0 Å². The van der Waals surface area contributed by atoms with E-state index >= 15 is 0 Å². The third-order valence-corrected chi connectivity index (χ3v) is 7.33. The van der Waals surface area contributed by atoms with Crippen LogP contribution in [0.4, 0.5) is 0 Å². The number of hydrogen-bond acceptors (Lipinski definition) is 1. The number of benzene rings is 8. The van der Waals surface area contributed by atoms with E-state index in [1.165, 1.54) is 0 Å². The maximum absolute atomic E-state index is 9.50. The van der Waals surface area contributed by atoms with E-state index in [-0.39, 0.29) is 0 Å². The molecule has 9 aromatic rings. The van der Waals surface area contributed by atoms with Gasteiger partial charge < -0.3 is 4.42 Å². The monoisotopic (exact) mass is 614 g/mol. The Labute approximate surface area is 307 Å². The molecule has 0 amide bonds. The SMILES string of the molecule is [2H]c1c([2H])c([2H])c(-c2c([2H])c([2H])c([2H])c(Cc3c4c([2H])c([2H])c([2H])c([2H])c4c(-c4c([2H])c([2H])c([2H])c5oc6c([2H])c(-c7c([2H])c([2H])c([2H])c([2H])c7[2H])c([2H])c([2H])c6c45)c4c([2H])c([2H])c([2H])c([2H])c34)c2[2H])c([2H])c1[2H]. The van der Waals surface area contributed by atoms with Crippen LogP contribution in [-0.4, -0.2) is 0 Å².